The zero-order valence-corrected chi connectivity index (χ0v) is 31.9. The van der Waals surface area contributed by atoms with Gasteiger partial charge in [0, 0.05) is 80.4 Å². The Morgan fingerprint density at radius 3 is 2.47 bits per heavy atom. The van der Waals surface area contributed by atoms with Crippen molar-refractivity contribution in [2.24, 2.45) is 0 Å². The molecule has 298 valence electrons. The van der Waals surface area contributed by atoms with Crippen LogP contribution < -0.4 is 21.3 Å². The summed E-state index contributed by atoms with van der Waals surface area (Å²) >= 11 is 0. The predicted octanol–water partition coefficient (Wildman–Crippen LogP) is 3.21. The molecule has 3 aromatic rings. The number of hydrogen-bond donors (Lipinski definition) is 5. The van der Waals surface area contributed by atoms with Gasteiger partial charge < -0.3 is 25.8 Å². The van der Waals surface area contributed by atoms with Crippen LogP contribution in [0.5, 0.6) is 0 Å². The van der Waals surface area contributed by atoms with Crippen LogP contribution in [0.1, 0.15) is 92.1 Å². The number of carbonyl (C=O) groups is 7. The van der Waals surface area contributed by atoms with Gasteiger partial charge in [-0.3, -0.25) is 48.7 Å². The maximum absolute atomic E-state index is 13.9. The van der Waals surface area contributed by atoms with Gasteiger partial charge in [-0.05, 0) is 88.0 Å². The first-order chi connectivity index (χ1) is 27.4. The number of unbranched alkanes of at least 4 members (excludes halogenated alkanes) is 1. The largest absolute Gasteiger partial charge is 0.384 e. The summed E-state index contributed by atoms with van der Waals surface area (Å²) in [6.07, 6.45) is 4.20. The summed E-state index contributed by atoms with van der Waals surface area (Å²) in [6, 6.07) is 8.03. The third kappa shape index (κ3) is 8.08. The second-order valence-corrected chi connectivity index (χ2v) is 14.8. The average Bonchev–Trinajstić information content (AvgIpc) is 3.75. The zero-order chi connectivity index (χ0) is 40.4. The summed E-state index contributed by atoms with van der Waals surface area (Å²) in [5.41, 5.74) is 4.73. The van der Waals surface area contributed by atoms with Crippen molar-refractivity contribution < 1.29 is 38.0 Å². The molecule has 2 aromatic carbocycles. The van der Waals surface area contributed by atoms with Crippen molar-refractivity contribution in [1.82, 2.24) is 30.3 Å². The van der Waals surface area contributed by atoms with Crippen molar-refractivity contribution >= 4 is 64.4 Å². The number of aryl methyl sites for hydroxylation is 1. The molecule has 4 aliphatic rings. The number of aromatic amines is 1. The number of halogens is 1. The Hall–Kier alpha value is -6.16. The van der Waals surface area contributed by atoms with E-state index in [9.17, 15) is 38.0 Å². The molecule has 15 nitrogen and oxygen atoms in total. The van der Waals surface area contributed by atoms with Gasteiger partial charge in [-0.25, -0.2) is 4.39 Å². The summed E-state index contributed by atoms with van der Waals surface area (Å²) < 4.78 is 13.9. The van der Waals surface area contributed by atoms with Gasteiger partial charge in [-0.15, -0.1) is 0 Å². The average molecular weight is 781 g/mol. The zero-order valence-electron chi connectivity index (χ0n) is 31.9. The maximum atomic E-state index is 13.9. The lowest BCUT2D eigenvalue weighted by Gasteiger charge is -2.34. The second kappa shape index (κ2) is 16.5. The minimum Gasteiger partial charge on any atom is -0.384 e. The number of hydrogen-bond acceptors (Lipinski definition) is 9. The number of fused-ring (bicyclic) bond motifs is 2. The Balaban J connectivity index is 0.803. The fourth-order valence-electron chi connectivity index (χ4n) is 7.97. The molecule has 0 aliphatic carbocycles. The molecule has 1 atom stereocenters. The van der Waals surface area contributed by atoms with Crippen LogP contribution in [0.3, 0.4) is 0 Å². The molecule has 0 saturated carbocycles. The van der Waals surface area contributed by atoms with E-state index < -0.39 is 35.5 Å². The smallest absolute Gasteiger partial charge is 0.264 e. The number of rotatable bonds is 13. The molecular weight excluding hydrogens is 735 g/mol. The molecule has 2 saturated heterocycles. The maximum Gasteiger partial charge on any atom is 0.264 e. The van der Waals surface area contributed by atoms with E-state index in [2.05, 4.69) is 31.2 Å². The summed E-state index contributed by atoms with van der Waals surface area (Å²) in [5, 5.41) is 11.2. The van der Waals surface area contributed by atoms with Gasteiger partial charge in [0.25, 0.3) is 23.6 Å². The first kappa shape index (κ1) is 39.1. The van der Waals surface area contributed by atoms with Gasteiger partial charge in [0.2, 0.25) is 17.7 Å². The lowest BCUT2D eigenvalue weighted by atomic mass is 10.0. The van der Waals surface area contributed by atoms with E-state index in [0.717, 1.165) is 31.0 Å². The van der Waals surface area contributed by atoms with E-state index in [0.29, 0.717) is 90.5 Å². The highest BCUT2D eigenvalue weighted by molar-refractivity contribution is 6.35. The van der Waals surface area contributed by atoms with Crippen LogP contribution in [0, 0.1) is 19.7 Å². The van der Waals surface area contributed by atoms with Crippen molar-refractivity contribution in [3.8, 4) is 0 Å². The number of amides is 7. The van der Waals surface area contributed by atoms with Crippen LogP contribution in [-0.2, 0) is 19.2 Å². The monoisotopic (exact) mass is 780 g/mol. The number of piperazine rings is 1. The fourth-order valence-corrected chi connectivity index (χ4v) is 7.97. The third-order valence-corrected chi connectivity index (χ3v) is 11.0. The molecule has 16 heteroatoms. The normalized spacial score (nSPS) is 18.8. The summed E-state index contributed by atoms with van der Waals surface area (Å²) in [4.78, 5) is 97.4. The Bertz CT molecular complexity index is 2210. The quantitative estimate of drug-likeness (QED) is 0.0985. The summed E-state index contributed by atoms with van der Waals surface area (Å²) in [6.45, 7) is 8.03. The molecule has 1 unspecified atom stereocenters. The molecule has 2 fully saturated rings. The molecule has 7 rings (SSSR count). The Kier molecular flexibility index (Phi) is 11.3. The predicted molar refractivity (Wildman–Crippen MR) is 209 cm³/mol. The van der Waals surface area contributed by atoms with Gasteiger partial charge >= 0.3 is 0 Å². The molecule has 5 heterocycles. The summed E-state index contributed by atoms with van der Waals surface area (Å²) in [7, 11) is 0. The number of aromatic nitrogens is 1. The van der Waals surface area contributed by atoms with Gasteiger partial charge in [0.1, 0.15) is 11.9 Å². The van der Waals surface area contributed by atoms with Crippen molar-refractivity contribution in [3.05, 3.63) is 81.4 Å². The summed E-state index contributed by atoms with van der Waals surface area (Å²) in [5.74, 6) is -3.11. The number of carbonyl (C=O) groups excluding carboxylic acids is 7. The van der Waals surface area contributed by atoms with Gasteiger partial charge in [-0.1, -0.05) is 6.07 Å². The molecule has 4 aliphatic heterocycles. The SMILES string of the molecule is Cc1[nH]c(/C=C2\C(=O)Nc3ccc(F)cc32)c(C)c1C(=O)NCCCN1CCN(C(=O)CCCCNc2cccc3c2C(=O)N(C2CCC(=O)NC2=O)C3=O)CC1. The van der Waals surface area contributed by atoms with Gasteiger partial charge in [0.05, 0.1) is 22.3 Å². The highest BCUT2D eigenvalue weighted by atomic mass is 19.1. The van der Waals surface area contributed by atoms with Crippen molar-refractivity contribution in [3.63, 3.8) is 0 Å². The van der Waals surface area contributed by atoms with Crippen LogP contribution in [0.2, 0.25) is 0 Å². The number of benzene rings is 2. The van der Waals surface area contributed by atoms with E-state index in [1.165, 1.54) is 18.2 Å². The molecule has 7 amide bonds. The number of imide groups is 2. The van der Waals surface area contributed by atoms with Crippen LogP contribution in [0.25, 0.3) is 11.6 Å². The fraction of sp³-hybridized carbons (Fsp3) is 0.390. The van der Waals surface area contributed by atoms with Crippen molar-refractivity contribution in [2.45, 2.75) is 58.4 Å². The van der Waals surface area contributed by atoms with E-state index in [-0.39, 0.29) is 41.7 Å². The van der Waals surface area contributed by atoms with Crippen LogP contribution in [0.15, 0.2) is 36.4 Å². The third-order valence-electron chi connectivity index (χ3n) is 11.0. The Labute approximate surface area is 328 Å². The number of piperidine rings is 1. The standard InChI is InChI=1S/C41H45FN8O7/c1-23-31(22-28-27-21-25(42)10-11-29(27)46-37(28)53)45-24(2)35(23)39(55)44-15-6-16-48-17-19-49(20-18-48)34(52)9-3-4-14-43-30-8-5-7-26-36(30)41(57)50(40(26)56)32-12-13-33(51)47-38(32)54/h5,7-8,10-11,21-22,32,43,45H,3-4,6,9,12-20H2,1-2H3,(H,44,55)(H,46,53)(H,47,51,54)/b28-22-. The van der Waals surface area contributed by atoms with E-state index >= 15 is 0 Å². The molecule has 0 radical (unpaired) electrons. The lowest BCUT2D eigenvalue weighted by molar-refractivity contribution is -0.136. The highest BCUT2D eigenvalue weighted by Gasteiger charge is 2.45. The molecule has 5 N–H and O–H groups in total. The van der Waals surface area contributed by atoms with Crippen LogP contribution in [-0.4, -0.2) is 113 Å². The molecule has 0 bridgehead atoms. The highest BCUT2D eigenvalue weighted by Crippen LogP contribution is 2.35. The topological polar surface area (TPSA) is 193 Å². The van der Waals surface area contributed by atoms with Crippen LogP contribution in [0.4, 0.5) is 15.8 Å². The van der Waals surface area contributed by atoms with Crippen molar-refractivity contribution in [2.75, 3.05) is 56.4 Å². The minimum atomic E-state index is -1.03. The molecule has 1 aromatic heterocycles. The molecule has 0 spiro atoms. The van der Waals surface area contributed by atoms with Gasteiger partial charge in [0.15, 0.2) is 0 Å². The minimum absolute atomic E-state index is 0.0513. The second-order valence-electron chi connectivity index (χ2n) is 14.8. The molecular formula is C41H45FN8O7. The number of nitrogens with zero attached hydrogens (tertiary/aromatic N) is 3. The Morgan fingerprint density at radius 2 is 1.70 bits per heavy atom. The first-order valence-corrected chi connectivity index (χ1v) is 19.3. The van der Waals surface area contributed by atoms with Gasteiger partial charge in [-0.2, -0.15) is 0 Å². The first-order valence-electron chi connectivity index (χ1n) is 19.3. The lowest BCUT2D eigenvalue weighted by Crippen LogP contribution is -2.54. The molecule has 57 heavy (non-hydrogen) atoms. The van der Waals surface area contributed by atoms with E-state index in [4.69, 9.17) is 0 Å². The van der Waals surface area contributed by atoms with E-state index in [1.54, 1.807) is 31.2 Å². The van der Waals surface area contributed by atoms with Crippen molar-refractivity contribution in [1.29, 1.82) is 0 Å². The number of H-pyrrole nitrogens is 1. The number of nitrogens with one attached hydrogen (secondary N) is 5. The van der Waals surface area contributed by atoms with Crippen LogP contribution >= 0.6 is 0 Å². The van der Waals surface area contributed by atoms with E-state index in [1.807, 2.05) is 11.8 Å². The Morgan fingerprint density at radius 1 is 0.912 bits per heavy atom. The number of anilines is 2.